The van der Waals surface area contributed by atoms with Crippen molar-refractivity contribution in [3.8, 4) is 11.1 Å². The maximum Gasteiger partial charge on any atom is 0.322 e. The molecule has 1 aromatic carbocycles. The molecular formula is C22H26N2O2S2. The first-order chi connectivity index (χ1) is 13.2. The summed E-state index contributed by atoms with van der Waals surface area (Å²) in [5.74, 6) is 0.260. The molecule has 4 nitrogen and oxygen atoms in total. The van der Waals surface area contributed by atoms with Gasteiger partial charge in [-0.3, -0.25) is 4.79 Å². The Hall–Kier alpha value is -1.92. The van der Waals surface area contributed by atoms with Crippen molar-refractivity contribution in [1.82, 2.24) is 9.97 Å². The number of rotatable bonds is 6. The van der Waals surface area contributed by atoms with Crippen molar-refractivity contribution in [1.29, 1.82) is 0 Å². The van der Waals surface area contributed by atoms with E-state index < -0.39 is 4.75 Å². The number of thioether (sulfide) groups is 1. The highest BCUT2D eigenvalue weighted by Gasteiger charge is 2.32. The lowest BCUT2D eigenvalue weighted by atomic mass is 9.98. The van der Waals surface area contributed by atoms with Crippen molar-refractivity contribution in [2.24, 2.45) is 0 Å². The Morgan fingerprint density at radius 1 is 1.21 bits per heavy atom. The third kappa shape index (κ3) is 4.08. The summed E-state index contributed by atoms with van der Waals surface area (Å²) < 4.78 is 4.52. The lowest BCUT2D eigenvalue weighted by molar-refractivity contribution is -0.145. The summed E-state index contributed by atoms with van der Waals surface area (Å²) in [4.78, 5) is 23.5. The van der Waals surface area contributed by atoms with Gasteiger partial charge in [0.15, 0.2) is 0 Å². The van der Waals surface area contributed by atoms with Gasteiger partial charge in [0.2, 0.25) is 0 Å². The van der Waals surface area contributed by atoms with E-state index in [-0.39, 0.29) is 5.97 Å². The molecule has 2 aromatic heterocycles. The van der Waals surface area contributed by atoms with Crippen molar-refractivity contribution in [3.63, 3.8) is 0 Å². The van der Waals surface area contributed by atoms with Crippen LogP contribution in [0, 0.1) is 6.92 Å². The van der Waals surface area contributed by atoms with Gasteiger partial charge in [0.05, 0.1) is 12.0 Å². The number of esters is 1. The zero-order chi connectivity index (χ0) is 20.5. The average Bonchev–Trinajstić information content (AvgIpc) is 2.98. The first-order valence-corrected chi connectivity index (χ1v) is 11.1. The minimum absolute atomic E-state index is 0.235. The highest BCUT2D eigenvalue weighted by atomic mass is 32.2. The Labute approximate surface area is 174 Å². The lowest BCUT2D eigenvalue weighted by Gasteiger charge is -2.21. The van der Waals surface area contributed by atoms with Crippen molar-refractivity contribution in [2.75, 3.05) is 6.61 Å². The SMILES string of the molecule is CCOC(=O)C(C)(C)Sc1ncnc2sc(C)c(-c3ccc(C(C)C)cc3)c12. The zero-order valence-corrected chi connectivity index (χ0v) is 18.8. The minimum Gasteiger partial charge on any atom is -0.465 e. The first-order valence-electron chi connectivity index (χ1n) is 9.45. The molecule has 0 aliphatic rings. The number of aryl methyl sites for hydroxylation is 1. The molecule has 3 rings (SSSR count). The summed E-state index contributed by atoms with van der Waals surface area (Å²) in [6, 6.07) is 8.70. The van der Waals surface area contributed by atoms with Gasteiger partial charge in [0.25, 0.3) is 0 Å². The molecule has 0 fully saturated rings. The van der Waals surface area contributed by atoms with Crippen LogP contribution in [0.15, 0.2) is 35.6 Å². The number of hydrogen-bond donors (Lipinski definition) is 0. The van der Waals surface area contributed by atoms with E-state index in [4.69, 9.17) is 4.74 Å². The van der Waals surface area contributed by atoms with Gasteiger partial charge in [-0.05, 0) is 44.7 Å². The predicted molar refractivity (Wildman–Crippen MR) is 118 cm³/mol. The van der Waals surface area contributed by atoms with Crippen LogP contribution in [0.3, 0.4) is 0 Å². The van der Waals surface area contributed by atoms with E-state index >= 15 is 0 Å². The first kappa shape index (κ1) is 20.8. The quantitative estimate of drug-likeness (QED) is 0.272. The molecule has 0 aliphatic heterocycles. The molecule has 0 spiro atoms. The van der Waals surface area contributed by atoms with Gasteiger partial charge < -0.3 is 4.74 Å². The van der Waals surface area contributed by atoms with E-state index in [0.29, 0.717) is 12.5 Å². The van der Waals surface area contributed by atoms with Gasteiger partial charge in [-0.2, -0.15) is 0 Å². The van der Waals surface area contributed by atoms with Gasteiger partial charge in [-0.1, -0.05) is 49.9 Å². The Kier molecular flexibility index (Phi) is 6.10. The fraction of sp³-hybridized carbons (Fsp3) is 0.409. The molecule has 0 unspecified atom stereocenters. The second-order valence-electron chi connectivity index (χ2n) is 7.50. The second kappa shape index (κ2) is 8.21. The smallest absolute Gasteiger partial charge is 0.322 e. The number of aromatic nitrogens is 2. The van der Waals surface area contributed by atoms with Crippen LogP contribution in [0.5, 0.6) is 0 Å². The van der Waals surface area contributed by atoms with E-state index in [1.54, 1.807) is 17.7 Å². The van der Waals surface area contributed by atoms with Gasteiger partial charge in [-0.15, -0.1) is 11.3 Å². The molecular weight excluding hydrogens is 388 g/mol. The van der Waals surface area contributed by atoms with Crippen molar-refractivity contribution in [2.45, 2.75) is 57.2 Å². The fourth-order valence-corrected chi connectivity index (χ4v) is 5.17. The standard InChI is InChI=1S/C22H26N2O2S2/c1-7-26-21(25)22(5,6)28-20-18-17(14(4)27-19(18)23-12-24-20)16-10-8-15(9-11-16)13(2)3/h8-13H,7H2,1-6H3. The molecule has 0 bridgehead atoms. The van der Waals surface area contributed by atoms with Gasteiger partial charge in [0, 0.05) is 10.4 Å². The number of fused-ring (bicyclic) bond motifs is 1. The van der Waals surface area contributed by atoms with E-state index in [0.717, 1.165) is 26.4 Å². The van der Waals surface area contributed by atoms with Crippen LogP contribution < -0.4 is 0 Å². The minimum atomic E-state index is -0.730. The van der Waals surface area contributed by atoms with Crippen molar-refractivity contribution >= 4 is 39.3 Å². The summed E-state index contributed by atoms with van der Waals surface area (Å²) in [6.07, 6.45) is 1.58. The zero-order valence-electron chi connectivity index (χ0n) is 17.2. The van der Waals surface area contributed by atoms with Crippen LogP contribution in [0.1, 0.15) is 51.0 Å². The fourth-order valence-electron chi connectivity index (χ4n) is 3.07. The van der Waals surface area contributed by atoms with Crippen molar-refractivity contribution < 1.29 is 9.53 Å². The molecule has 0 aliphatic carbocycles. The van der Waals surface area contributed by atoms with Crippen LogP contribution >= 0.6 is 23.1 Å². The van der Waals surface area contributed by atoms with Crippen LogP contribution in [0.2, 0.25) is 0 Å². The summed E-state index contributed by atoms with van der Waals surface area (Å²) in [5.41, 5.74) is 3.62. The van der Waals surface area contributed by atoms with Gasteiger partial charge in [0.1, 0.15) is 20.9 Å². The summed E-state index contributed by atoms with van der Waals surface area (Å²) >= 11 is 3.10. The molecule has 0 saturated carbocycles. The average molecular weight is 415 g/mol. The number of carbonyl (C=O) groups is 1. The maximum absolute atomic E-state index is 12.4. The number of carbonyl (C=O) groups excluding carboxylic acids is 1. The molecule has 0 atom stereocenters. The van der Waals surface area contributed by atoms with Gasteiger partial charge >= 0.3 is 5.97 Å². The molecule has 0 amide bonds. The van der Waals surface area contributed by atoms with E-state index in [2.05, 4.69) is 55.0 Å². The Bertz CT molecular complexity index is 992. The number of nitrogens with zero attached hydrogens (tertiary/aromatic N) is 2. The monoisotopic (exact) mass is 414 g/mol. The number of benzene rings is 1. The third-order valence-electron chi connectivity index (χ3n) is 4.61. The molecule has 0 N–H and O–H groups in total. The van der Waals surface area contributed by atoms with Crippen LogP contribution in [0.4, 0.5) is 0 Å². The molecule has 2 heterocycles. The molecule has 148 valence electrons. The molecule has 28 heavy (non-hydrogen) atoms. The third-order valence-corrected chi connectivity index (χ3v) is 6.81. The lowest BCUT2D eigenvalue weighted by Crippen LogP contribution is -2.30. The molecule has 3 aromatic rings. The van der Waals surface area contributed by atoms with Gasteiger partial charge in [-0.25, -0.2) is 9.97 Å². The highest BCUT2D eigenvalue weighted by molar-refractivity contribution is 8.01. The Morgan fingerprint density at radius 2 is 1.89 bits per heavy atom. The summed E-state index contributed by atoms with van der Waals surface area (Å²) in [7, 11) is 0. The normalized spacial score (nSPS) is 12.0. The number of ether oxygens (including phenoxy) is 1. The Morgan fingerprint density at radius 3 is 2.50 bits per heavy atom. The number of thiophene rings is 1. The maximum atomic E-state index is 12.4. The molecule has 0 radical (unpaired) electrons. The summed E-state index contributed by atoms with van der Waals surface area (Å²) in [5, 5.41) is 1.83. The predicted octanol–water partition coefficient (Wildman–Crippen LogP) is 6.22. The van der Waals surface area contributed by atoms with E-state index in [1.165, 1.54) is 22.2 Å². The molecule has 0 saturated heterocycles. The van der Waals surface area contributed by atoms with Crippen LogP contribution in [-0.4, -0.2) is 27.3 Å². The highest BCUT2D eigenvalue weighted by Crippen LogP contribution is 2.44. The Balaban J connectivity index is 2.10. The van der Waals surface area contributed by atoms with Crippen LogP contribution in [-0.2, 0) is 9.53 Å². The largest absolute Gasteiger partial charge is 0.465 e. The molecule has 6 heteroatoms. The van der Waals surface area contributed by atoms with E-state index in [9.17, 15) is 4.79 Å². The van der Waals surface area contributed by atoms with E-state index in [1.807, 2.05) is 20.8 Å². The topological polar surface area (TPSA) is 52.1 Å². The van der Waals surface area contributed by atoms with Crippen LogP contribution in [0.25, 0.3) is 21.3 Å². The second-order valence-corrected chi connectivity index (χ2v) is 10.3. The van der Waals surface area contributed by atoms with Crippen molar-refractivity contribution in [3.05, 3.63) is 41.0 Å². The summed E-state index contributed by atoms with van der Waals surface area (Å²) in [6.45, 7) is 12.4. The number of hydrogen-bond acceptors (Lipinski definition) is 6.